The molecule has 22 heavy (non-hydrogen) atoms. The standard InChI is InChI=1S/C16H14ClN3O2/c1-3-8-22-16-13(17)9-12(10-14(16)21-2)11-19-20-15-6-4-5-7-18-15/h1,4-7,9-11H,8H2,2H3,(H,18,20)/b19-11-. The third-order valence-corrected chi connectivity index (χ3v) is 2.89. The summed E-state index contributed by atoms with van der Waals surface area (Å²) in [6.07, 6.45) is 8.46. The molecule has 0 spiro atoms. The molecule has 1 N–H and O–H groups in total. The number of rotatable bonds is 6. The van der Waals surface area contributed by atoms with Crippen LogP contribution in [0.3, 0.4) is 0 Å². The Labute approximate surface area is 133 Å². The molecule has 0 fully saturated rings. The second-order valence-corrected chi connectivity index (χ2v) is 4.52. The first-order chi connectivity index (χ1) is 10.7. The first-order valence-electron chi connectivity index (χ1n) is 6.38. The van der Waals surface area contributed by atoms with E-state index in [0.29, 0.717) is 22.3 Å². The van der Waals surface area contributed by atoms with E-state index >= 15 is 0 Å². The Morgan fingerprint density at radius 1 is 1.45 bits per heavy atom. The fraction of sp³-hybridized carbons (Fsp3) is 0.125. The van der Waals surface area contributed by atoms with Crippen LogP contribution >= 0.6 is 11.6 Å². The Morgan fingerprint density at radius 3 is 3.00 bits per heavy atom. The molecule has 1 aromatic carbocycles. The van der Waals surface area contributed by atoms with E-state index in [1.807, 2.05) is 18.2 Å². The van der Waals surface area contributed by atoms with Gasteiger partial charge in [0.2, 0.25) is 0 Å². The Hall–Kier alpha value is -2.71. The van der Waals surface area contributed by atoms with Gasteiger partial charge in [0.05, 0.1) is 18.3 Å². The molecule has 0 radical (unpaired) electrons. The number of nitrogens with one attached hydrogen (secondary N) is 1. The monoisotopic (exact) mass is 315 g/mol. The van der Waals surface area contributed by atoms with Gasteiger partial charge in [-0.05, 0) is 29.8 Å². The van der Waals surface area contributed by atoms with E-state index in [4.69, 9.17) is 27.5 Å². The lowest BCUT2D eigenvalue weighted by molar-refractivity contribution is 0.331. The Bertz CT molecular complexity index is 697. The maximum atomic E-state index is 6.18. The number of aromatic nitrogens is 1. The van der Waals surface area contributed by atoms with Crippen molar-refractivity contribution in [3.63, 3.8) is 0 Å². The molecule has 0 amide bonds. The number of halogens is 1. The first-order valence-corrected chi connectivity index (χ1v) is 6.76. The second kappa shape index (κ2) is 7.91. The summed E-state index contributed by atoms with van der Waals surface area (Å²) in [4.78, 5) is 4.09. The number of terminal acetylenes is 1. The van der Waals surface area contributed by atoms with Gasteiger partial charge in [-0.2, -0.15) is 5.10 Å². The minimum Gasteiger partial charge on any atom is -0.493 e. The molecule has 0 unspecified atom stereocenters. The van der Waals surface area contributed by atoms with Gasteiger partial charge in [0.15, 0.2) is 11.5 Å². The van der Waals surface area contributed by atoms with Crippen LogP contribution in [0.2, 0.25) is 5.02 Å². The largest absolute Gasteiger partial charge is 0.493 e. The van der Waals surface area contributed by atoms with E-state index in [2.05, 4.69) is 21.4 Å². The molecular weight excluding hydrogens is 302 g/mol. The van der Waals surface area contributed by atoms with Crippen molar-refractivity contribution in [1.82, 2.24) is 4.98 Å². The highest BCUT2D eigenvalue weighted by Gasteiger charge is 2.11. The van der Waals surface area contributed by atoms with Crippen molar-refractivity contribution in [2.75, 3.05) is 19.1 Å². The molecule has 0 atom stereocenters. The molecule has 0 aliphatic heterocycles. The van der Waals surface area contributed by atoms with Gasteiger partial charge >= 0.3 is 0 Å². The van der Waals surface area contributed by atoms with Crippen molar-refractivity contribution >= 4 is 23.6 Å². The van der Waals surface area contributed by atoms with Crippen molar-refractivity contribution < 1.29 is 9.47 Å². The van der Waals surface area contributed by atoms with Crippen molar-refractivity contribution in [2.24, 2.45) is 5.10 Å². The van der Waals surface area contributed by atoms with E-state index < -0.39 is 0 Å². The number of hydrogen-bond donors (Lipinski definition) is 1. The minimum atomic E-state index is 0.116. The van der Waals surface area contributed by atoms with Crippen molar-refractivity contribution in [1.29, 1.82) is 0 Å². The van der Waals surface area contributed by atoms with Crippen LogP contribution < -0.4 is 14.9 Å². The minimum absolute atomic E-state index is 0.116. The number of hydrogen-bond acceptors (Lipinski definition) is 5. The van der Waals surface area contributed by atoms with Gasteiger partial charge in [-0.25, -0.2) is 4.98 Å². The zero-order valence-electron chi connectivity index (χ0n) is 11.9. The number of anilines is 1. The number of benzene rings is 1. The number of ether oxygens (including phenoxy) is 2. The number of hydrazone groups is 1. The molecule has 6 heteroatoms. The Balaban J connectivity index is 2.15. The summed E-state index contributed by atoms with van der Waals surface area (Å²) >= 11 is 6.18. The fourth-order valence-electron chi connectivity index (χ4n) is 1.67. The van der Waals surface area contributed by atoms with Crippen LogP contribution in [0.1, 0.15) is 5.56 Å². The molecule has 0 bridgehead atoms. The SMILES string of the molecule is C#CCOc1c(Cl)cc(/C=N\Nc2ccccn2)cc1OC. The van der Waals surface area contributed by atoms with Crippen LogP contribution in [0.4, 0.5) is 5.82 Å². The average Bonchev–Trinajstić information content (AvgIpc) is 2.54. The van der Waals surface area contributed by atoms with Crippen molar-refractivity contribution in [3.8, 4) is 23.8 Å². The summed E-state index contributed by atoms with van der Waals surface area (Å²) in [7, 11) is 1.53. The molecule has 2 aromatic rings. The second-order valence-electron chi connectivity index (χ2n) is 4.11. The lowest BCUT2D eigenvalue weighted by Crippen LogP contribution is -1.99. The lowest BCUT2D eigenvalue weighted by Gasteiger charge is -2.11. The van der Waals surface area contributed by atoms with Crippen LogP contribution in [0.15, 0.2) is 41.6 Å². The van der Waals surface area contributed by atoms with Gasteiger partial charge in [-0.3, -0.25) is 5.43 Å². The normalized spacial score (nSPS) is 10.2. The van der Waals surface area contributed by atoms with E-state index in [-0.39, 0.29) is 6.61 Å². The fourth-order valence-corrected chi connectivity index (χ4v) is 1.94. The third-order valence-electron chi connectivity index (χ3n) is 2.61. The van der Waals surface area contributed by atoms with E-state index in [1.54, 1.807) is 24.5 Å². The Morgan fingerprint density at radius 2 is 2.32 bits per heavy atom. The van der Waals surface area contributed by atoms with Crippen LogP contribution in [0, 0.1) is 12.3 Å². The van der Waals surface area contributed by atoms with Crippen molar-refractivity contribution in [3.05, 3.63) is 47.1 Å². The molecule has 112 valence electrons. The van der Waals surface area contributed by atoms with Gasteiger partial charge < -0.3 is 9.47 Å². The maximum absolute atomic E-state index is 6.18. The molecule has 5 nitrogen and oxygen atoms in total. The molecule has 2 rings (SSSR count). The first kappa shape index (κ1) is 15.7. The molecule has 1 heterocycles. The average molecular weight is 316 g/mol. The topological polar surface area (TPSA) is 55.7 Å². The zero-order valence-corrected chi connectivity index (χ0v) is 12.7. The summed E-state index contributed by atoms with van der Waals surface area (Å²) < 4.78 is 10.6. The highest BCUT2D eigenvalue weighted by atomic mass is 35.5. The molecule has 0 saturated heterocycles. The Kier molecular flexibility index (Phi) is 5.64. The summed E-state index contributed by atoms with van der Waals surface area (Å²) in [6.45, 7) is 0.116. The van der Waals surface area contributed by atoms with Crippen LogP contribution in [0.25, 0.3) is 0 Å². The zero-order chi connectivity index (χ0) is 15.8. The summed E-state index contributed by atoms with van der Waals surface area (Å²) in [6, 6.07) is 8.96. The number of pyridine rings is 1. The number of methoxy groups -OCH3 is 1. The molecule has 0 aliphatic carbocycles. The third kappa shape index (κ3) is 4.14. The number of nitrogens with zero attached hydrogens (tertiary/aromatic N) is 2. The van der Waals surface area contributed by atoms with Crippen LogP contribution in [0.5, 0.6) is 11.5 Å². The molecule has 1 aromatic heterocycles. The van der Waals surface area contributed by atoms with Gasteiger partial charge in [0, 0.05) is 6.20 Å². The van der Waals surface area contributed by atoms with Gasteiger partial charge in [-0.15, -0.1) is 6.42 Å². The summed E-state index contributed by atoms with van der Waals surface area (Å²) in [5.74, 6) is 3.93. The summed E-state index contributed by atoms with van der Waals surface area (Å²) in [5.41, 5.74) is 3.56. The lowest BCUT2D eigenvalue weighted by atomic mass is 10.2. The van der Waals surface area contributed by atoms with E-state index in [9.17, 15) is 0 Å². The quantitative estimate of drug-likeness (QED) is 0.505. The smallest absolute Gasteiger partial charge is 0.181 e. The predicted molar refractivity (Wildman–Crippen MR) is 87.8 cm³/mol. The van der Waals surface area contributed by atoms with Gasteiger partial charge in [-0.1, -0.05) is 23.6 Å². The van der Waals surface area contributed by atoms with Crippen molar-refractivity contribution in [2.45, 2.75) is 0 Å². The highest BCUT2D eigenvalue weighted by Crippen LogP contribution is 2.35. The molecule has 0 aliphatic rings. The molecular formula is C16H14ClN3O2. The highest BCUT2D eigenvalue weighted by molar-refractivity contribution is 6.32. The molecule has 0 saturated carbocycles. The van der Waals surface area contributed by atoms with Crippen LogP contribution in [-0.4, -0.2) is 24.9 Å². The van der Waals surface area contributed by atoms with E-state index in [0.717, 1.165) is 5.56 Å². The van der Waals surface area contributed by atoms with Gasteiger partial charge in [0.25, 0.3) is 0 Å². The maximum Gasteiger partial charge on any atom is 0.181 e. The predicted octanol–water partition coefficient (Wildman–Crippen LogP) is 3.20. The summed E-state index contributed by atoms with van der Waals surface area (Å²) in [5, 5.41) is 4.49. The van der Waals surface area contributed by atoms with E-state index in [1.165, 1.54) is 7.11 Å². The van der Waals surface area contributed by atoms with Gasteiger partial charge in [0.1, 0.15) is 12.4 Å². The van der Waals surface area contributed by atoms with Crippen LogP contribution in [-0.2, 0) is 0 Å².